The van der Waals surface area contributed by atoms with Crippen LogP contribution in [-0.4, -0.2) is 44.3 Å². The van der Waals surface area contributed by atoms with Crippen LogP contribution < -0.4 is 20.1 Å². The highest BCUT2D eigenvalue weighted by Gasteiger charge is 2.13. The summed E-state index contributed by atoms with van der Waals surface area (Å²) in [5.74, 6) is 2.49. The minimum absolute atomic E-state index is 0.310. The fourth-order valence-corrected chi connectivity index (χ4v) is 3.18. The summed E-state index contributed by atoms with van der Waals surface area (Å²) in [4.78, 5) is 7.05. The number of nitrogens with zero attached hydrogens (tertiary/aromatic N) is 2. The molecule has 1 heterocycles. The smallest absolute Gasteiger partial charge is 0.231 e. The quantitative estimate of drug-likeness (QED) is 0.504. The highest BCUT2D eigenvalue weighted by Crippen LogP contribution is 2.32. The van der Waals surface area contributed by atoms with Crippen LogP contribution >= 0.6 is 0 Å². The standard InChI is InChI=1S/C23H32N4O2/c1-4-24-23(25-12-11-18-9-10-21-22(14-18)29-17-28-21)26-15-19-7-6-8-20(13-19)16-27(3)5-2/h6-10,13-14H,4-5,11-12,15-17H2,1-3H3,(H2,24,25,26). The van der Waals surface area contributed by atoms with Crippen molar-refractivity contribution in [1.82, 2.24) is 15.5 Å². The summed E-state index contributed by atoms with van der Waals surface area (Å²) >= 11 is 0. The Balaban J connectivity index is 1.53. The van der Waals surface area contributed by atoms with E-state index in [4.69, 9.17) is 14.5 Å². The van der Waals surface area contributed by atoms with Crippen molar-refractivity contribution in [2.75, 3.05) is 33.5 Å². The lowest BCUT2D eigenvalue weighted by atomic mass is 10.1. The first-order chi connectivity index (χ1) is 14.2. The van der Waals surface area contributed by atoms with Gasteiger partial charge < -0.3 is 25.0 Å². The molecule has 0 aliphatic carbocycles. The van der Waals surface area contributed by atoms with Gasteiger partial charge in [0.05, 0.1) is 6.54 Å². The Kier molecular flexibility index (Phi) is 7.76. The van der Waals surface area contributed by atoms with E-state index in [1.54, 1.807) is 0 Å². The summed E-state index contributed by atoms with van der Waals surface area (Å²) in [6.45, 7) is 8.85. The lowest BCUT2D eigenvalue weighted by Crippen LogP contribution is -2.38. The highest BCUT2D eigenvalue weighted by molar-refractivity contribution is 5.79. The van der Waals surface area contributed by atoms with Gasteiger partial charge in [0.1, 0.15) is 0 Å². The number of hydrogen-bond acceptors (Lipinski definition) is 4. The van der Waals surface area contributed by atoms with Crippen molar-refractivity contribution in [3.8, 4) is 11.5 Å². The number of fused-ring (bicyclic) bond motifs is 1. The van der Waals surface area contributed by atoms with Crippen LogP contribution in [0.1, 0.15) is 30.5 Å². The van der Waals surface area contributed by atoms with E-state index in [1.165, 1.54) is 16.7 Å². The van der Waals surface area contributed by atoms with Crippen molar-refractivity contribution < 1.29 is 9.47 Å². The first-order valence-corrected chi connectivity index (χ1v) is 10.3. The van der Waals surface area contributed by atoms with Crippen molar-refractivity contribution in [2.24, 2.45) is 4.99 Å². The van der Waals surface area contributed by atoms with Gasteiger partial charge >= 0.3 is 0 Å². The van der Waals surface area contributed by atoms with Gasteiger partial charge in [-0.05, 0) is 55.8 Å². The second kappa shape index (κ2) is 10.7. The third-order valence-corrected chi connectivity index (χ3v) is 4.89. The van der Waals surface area contributed by atoms with Crippen LogP contribution in [0.4, 0.5) is 0 Å². The van der Waals surface area contributed by atoms with Crippen LogP contribution in [0.3, 0.4) is 0 Å². The van der Waals surface area contributed by atoms with Gasteiger partial charge in [-0.1, -0.05) is 37.3 Å². The molecule has 1 aliphatic rings. The van der Waals surface area contributed by atoms with E-state index in [2.05, 4.69) is 66.8 Å². The Labute approximate surface area is 173 Å². The van der Waals surface area contributed by atoms with Gasteiger partial charge in [-0.25, -0.2) is 4.99 Å². The zero-order chi connectivity index (χ0) is 20.5. The van der Waals surface area contributed by atoms with E-state index >= 15 is 0 Å². The van der Waals surface area contributed by atoms with E-state index < -0.39 is 0 Å². The minimum atomic E-state index is 0.310. The molecule has 0 radical (unpaired) electrons. The molecule has 2 aromatic carbocycles. The van der Waals surface area contributed by atoms with Gasteiger partial charge in [0.2, 0.25) is 6.79 Å². The molecule has 29 heavy (non-hydrogen) atoms. The topological polar surface area (TPSA) is 58.1 Å². The van der Waals surface area contributed by atoms with Gasteiger partial charge in [0, 0.05) is 19.6 Å². The molecule has 0 aromatic heterocycles. The maximum Gasteiger partial charge on any atom is 0.231 e. The fraction of sp³-hybridized carbons (Fsp3) is 0.435. The van der Waals surface area contributed by atoms with Crippen LogP contribution in [-0.2, 0) is 19.5 Å². The molecule has 0 fully saturated rings. The molecule has 0 bridgehead atoms. The summed E-state index contributed by atoms with van der Waals surface area (Å²) in [6, 6.07) is 14.8. The Morgan fingerprint density at radius 2 is 1.83 bits per heavy atom. The number of rotatable bonds is 9. The number of guanidine groups is 1. The molecule has 0 unspecified atom stereocenters. The average Bonchev–Trinajstić information content (AvgIpc) is 3.20. The molecule has 2 N–H and O–H groups in total. The summed E-state index contributed by atoms with van der Waals surface area (Å²) in [6.07, 6.45) is 0.889. The molecule has 3 rings (SSSR count). The molecule has 0 atom stereocenters. The summed E-state index contributed by atoms with van der Waals surface area (Å²) in [7, 11) is 2.14. The summed E-state index contributed by atoms with van der Waals surface area (Å²) in [5.41, 5.74) is 3.76. The Morgan fingerprint density at radius 3 is 2.66 bits per heavy atom. The van der Waals surface area contributed by atoms with Crippen LogP contribution in [0, 0.1) is 0 Å². The lowest BCUT2D eigenvalue weighted by molar-refractivity contribution is 0.174. The Hall–Kier alpha value is -2.73. The second-order valence-electron chi connectivity index (χ2n) is 7.21. The van der Waals surface area contributed by atoms with Crippen LogP contribution in [0.5, 0.6) is 11.5 Å². The third-order valence-electron chi connectivity index (χ3n) is 4.89. The number of hydrogen-bond donors (Lipinski definition) is 2. The minimum Gasteiger partial charge on any atom is -0.454 e. The van der Waals surface area contributed by atoms with Gasteiger partial charge in [-0.15, -0.1) is 0 Å². The average molecular weight is 397 g/mol. The number of nitrogens with one attached hydrogen (secondary N) is 2. The Morgan fingerprint density at radius 1 is 1.00 bits per heavy atom. The largest absolute Gasteiger partial charge is 0.454 e. The summed E-state index contributed by atoms with van der Waals surface area (Å²) < 4.78 is 10.8. The monoisotopic (exact) mass is 396 g/mol. The van der Waals surface area contributed by atoms with E-state index in [9.17, 15) is 0 Å². The van der Waals surface area contributed by atoms with E-state index in [1.807, 2.05) is 12.1 Å². The van der Waals surface area contributed by atoms with Crippen molar-refractivity contribution in [2.45, 2.75) is 33.4 Å². The van der Waals surface area contributed by atoms with Crippen molar-refractivity contribution in [3.05, 3.63) is 59.2 Å². The molecule has 6 heteroatoms. The molecular formula is C23H32N4O2. The number of benzene rings is 2. The first kappa shape index (κ1) is 21.0. The fourth-order valence-electron chi connectivity index (χ4n) is 3.18. The lowest BCUT2D eigenvalue weighted by Gasteiger charge is -2.14. The van der Waals surface area contributed by atoms with Crippen LogP contribution in [0.25, 0.3) is 0 Å². The van der Waals surface area contributed by atoms with Gasteiger partial charge in [-0.3, -0.25) is 0 Å². The summed E-state index contributed by atoms with van der Waals surface area (Å²) in [5, 5.41) is 6.74. The van der Waals surface area contributed by atoms with Gasteiger partial charge in [-0.2, -0.15) is 0 Å². The second-order valence-corrected chi connectivity index (χ2v) is 7.21. The number of aliphatic imine (C=N–C) groups is 1. The van der Waals surface area contributed by atoms with E-state index in [-0.39, 0.29) is 0 Å². The molecule has 0 spiro atoms. The van der Waals surface area contributed by atoms with E-state index in [0.717, 1.165) is 50.1 Å². The third kappa shape index (κ3) is 6.39. The van der Waals surface area contributed by atoms with Crippen LogP contribution in [0.2, 0.25) is 0 Å². The van der Waals surface area contributed by atoms with Crippen molar-refractivity contribution in [1.29, 1.82) is 0 Å². The number of ether oxygens (including phenoxy) is 2. The molecule has 0 amide bonds. The SMILES string of the molecule is CCNC(=NCc1cccc(CN(C)CC)c1)NCCc1ccc2c(c1)OCO2. The highest BCUT2D eigenvalue weighted by atomic mass is 16.7. The molecular weight excluding hydrogens is 364 g/mol. The van der Waals surface area contributed by atoms with Gasteiger partial charge in [0.25, 0.3) is 0 Å². The van der Waals surface area contributed by atoms with Crippen molar-refractivity contribution in [3.63, 3.8) is 0 Å². The maximum absolute atomic E-state index is 5.45. The normalized spacial score (nSPS) is 13.0. The molecule has 1 aliphatic heterocycles. The molecule has 0 saturated heterocycles. The Bertz CT molecular complexity index is 822. The molecule has 0 saturated carbocycles. The van der Waals surface area contributed by atoms with E-state index in [0.29, 0.717) is 13.3 Å². The zero-order valence-electron chi connectivity index (χ0n) is 17.7. The predicted molar refractivity (Wildman–Crippen MR) is 118 cm³/mol. The maximum atomic E-state index is 5.45. The molecule has 6 nitrogen and oxygen atoms in total. The zero-order valence-corrected chi connectivity index (χ0v) is 17.7. The first-order valence-electron chi connectivity index (χ1n) is 10.3. The molecule has 156 valence electrons. The van der Waals surface area contributed by atoms with Gasteiger partial charge in [0.15, 0.2) is 17.5 Å². The predicted octanol–water partition coefficient (Wildman–Crippen LogP) is 3.16. The molecule has 2 aromatic rings. The van der Waals surface area contributed by atoms with Crippen LogP contribution in [0.15, 0.2) is 47.5 Å². The van der Waals surface area contributed by atoms with Crippen molar-refractivity contribution >= 4 is 5.96 Å².